The van der Waals surface area contributed by atoms with Gasteiger partial charge in [-0.15, -0.1) is 0 Å². The van der Waals surface area contributed by atoms with Gasteiger partial charge in [0.25, 0.3) is 0 Å². The first-order valence-corrected chi connectivity index (χ1v) is 7.56. The first kappa shape index (κ1) is 18.8. The highest BCUT2D eigenvalue weighted by atomic mass is 16.9. The molecule has 0 fully saturated rings. The SMILES string of the molecule is CNCC(C(=O)OC(O)(O)O)c1cccc(C(=O)c2ccccc2)c1. The molecule has 0 aliphatic carbocycles. The van der Waals surface area contributed by atoms with Gasteiger partial charge in [0.2, 0.25) is 0 Å². The van der Waals surface area contributed by atoms with Crippen LogP contribution in [-0.2, 0) is 9.53 Å². The van der Waals surface area contributed by atoms with Crippen LogP contribution >= 0.6 is 0 Å². The van der Waals surface area contributed by atoms with Gasteiger partial charge in [-0.25, -0.2) is 0 Å². The van der Waals surface area contributed by atoms with E-state index in [0.29, 0.717) is 16.7 Å². The summed E-state index contributed by atoms with van der Waals surface area (Å²) in [7, 11) is 1.60. The van der Waals surface area contributed by atoms with Crippen molar-refractivity contribution in [1.82, 2.24) is 5.32 Å². The van der Waals surface area contributed by atoms with Gasteiger partial charge in [-0.3, -0.25) is 9.59 Å². The number of carbonyl (C=O) groups excluding carboxylic acids is 2. The Balaban J connectivity index is 2.31. The predicted molar refractivity (Wildman–Crippen MR) is 88.5 cm³/mol. The molecule has 0 saturated heterocycles. The van der Waals surface area contributed by atoms with Gasteiger partial charge in [0.15, 0.2) is 5.78 Å². The molecule has 1 unspecified atom stereocenters. The van der Waals surface area contributed by atoms with Gasteiger partial charge >= 0.3 is 12.1 Å². The van der Waals surface area contributed by atoms with E-state index < -0.39 is 18.0 Å². The Bertz CT molecular complexity index is 739. The molecule has 0 bridgehead atoms. The topological polar surface area (TPSA) is 116 Å². The number of ether oxygens (including phenoxy) is 1. The molecule has 0 spiro atoms. The van der Waals surface area contributed by atoms with Crippen molar-refractivity contribution in [3.8, 4) is 0 Å². The van der Waals surface area contributed by atoms with Gasteiger partial charge in [0.1, 0.15) is 0 Å². The normalized spacial score (nSPS) is 12.5. The number of carbonyl (C=O) groups is 2. The molecule has 1 atom stereocenters. The second-order valence-electron chi connectivity index (χ2n) is 5.43. The number of benzene rings is 2. The second kappa shape index (κ2) is 8.00. The molecule has 4 N–H and O–H groups in total. The van der Waals surface area contributed by atoms with Crippen LogP contribution in [0.5, 0.6) is 0 Å². The zero-order valence-corrected chi connectivity index (χ0v) is 13.5. The molecular weight excluding hydrogens is 326 g/mol. The van der Waals surface area contributed by atoms with Crippen molar-refractivity contribution in [2.75, 3.05) is 13.6 Å². The van der Waals surface area contributed by atoms with Crippen LogP contribution in [0.3, 0.4) is 0 Å². The summed E-state index contributed by atoms with van der Waals surface area (Å²) in [4.78, 5) is 24.6. The van der Waals surface area contributed by atoms with Gasteiger partial charge in [0.05, 0.1) is 5.92 Å². The van der Waals surface area contributed by atoms with Gasteiger partial charge < -0.3 is 25.4 Å². The van der Waals surface area contributed by atoms with E-state index in [1.54, 1.807) is 55.6 Å². The van der Waals surface area contributed by atoms with Gasteiger partial charge in [-0.1, -0.05) is 48.5 Å². The smallest absolute Gasteiger partial charge is 0.384 e. The Labute approximate surface area is 144 Å². The zero-order chi connectivity index (χ0) is 18.4. The van der Waals surface area contributed by atoms with Crippen LogP contribution in [0.2, 0.25) is 0 Å². The Kier molecular flexibility index (Phi) is 6.00. The quantitative estimate of drug-likeness (QED) is 0.325. The first-order chi connectivity index (χ1) is 11.8. The Morgan fingerprint density at radius 3 is 2.28 bits per heavy atom. The van der Waals surface area contributed by atoms with Crippen molar-refractivity contribution in [2.45, 2.75) is 12.1 Å². The molecular formula is C18H19NO6. The van der Waals surface area contributed by atoms with Crippen LogP contribution in [-0.4, -0.2) is 46.8 Å². The molecule has 132 valence electrons. The molecule has 0 heterocycles. The fraction of sp³-hybridized carbons (Fsp3) is 0.222. The van der Waals surface area contributed by atoms with E-state index in [0.717, 1.165) is 0 Å². The molecule has 0 aliphatic rings. The monoisotopic (exact) mass is 345 g/mol. The lowest BCUT2D eigenvalue weighted by molar-refractivity contribution is -0.435. The van der Waals surface area contributed by atoms with E-state index in [4.69, 9.17) is 15.3 Å². The number of hydrogen-bond acceptors (Lipinski definition) is 7. The van der Waals surface area contributed by atoms with E-state index in [1.165, 1.54) is 6.07 Å². The molecule has 7 heteroatoms. The lowest BCUT2D eigenvalue weighted by Gasteiger charge is -2.20. The molecule has 0 amide bonds. The van der Waals surface area contributed by atoms with Crippen LogP contribution < -0.4 is 5.32 Å². The summed E-state index contributed by atoms with van der Waals surface area (Å²) in [5.41, 5.74) is 1.32. The number of hydrogen-bond donors (Lipinski definition) is 4. The lowest BCUT2D eigenvalue weighted by atomic mass is 9.94. The predicted octanol–water partition coefficient (Wildman–Crippen LogP) is 0.352. The minimum atomic E-state index is -3.56. The standard InChI is InChI=1S/C18H19NO6/c1-19-11-15(17(21)25-18(22,23)24)13-8-5-9-14(10-13)16(20)12-6-3-2-4-7-12/h2-10,15,19,22-24H,11H2,1H3. The Hall–Kier alpha value is -2.58. The number of nitrogens with one attached hydrogen (secondary N) is 1. The Morgan fingerprint density at radius 2 is 1.68 bits per heavy atom. The summed E-state index contributed by atoms with van der Waals surface area (Å²) in [5.74, 6) is -2.20. The molecule has 2 aromatic rings. The second-order valence-corrected chi connectivity index (χ2v) is 5.43. The average Bonchev–Trinajstić information content (AvgIpc) is 2.58. The van der Waals surface area contributed by atoms with Crippen molar-refractivity contribution in [3.63, 3.8) is 0 Å². The summed E-state index contributed by atoms with van der Waals surface area (Å²) in [6.45, 7) is 0.109. The fourth-order valence-electron chi connectivity index (χ4n) is 2.40. The van der Waals surface area contributed by atoms with Crippen molar-refractivity contribution in [1.29, 1.82) is 0 Å². The average molecular weight is 345 g/mol. The summed E-state index contributed by atoms with van der Waals surface area (Å²) in [6, 6.07) is 15.1. The summed E-state index contributed by atoms with van der Waals surface area (Å²) in [5, 5.41) is 29.3. The molecule has 25 heavy (non-hydrogen) atoms. The van der Waals surface area contributed by atoms with E-state index in [-0.39, 0.29) is 12.3 Å². The van der Waals surface area contributed by atoms with E-state index in [2.05, 4.69) is 10.1 Å². The van der Waals surface area contributed by atoms with Crippen molar-refractivity contribution >= 4 is 11.8 Å². The largest absolute Gasteiger partial charge is 0.455 e. The minimum Gasteiger partial charge on any atom is -0.384 e. The third kappa shape index (κ3) is 5.20. The maximum atomic E-state index is 12.5. The van der Waals surface area contributed by atoms with Crippen LogP contribution in [0.4, 0.5) is 0 Å². The number of esters is 1. The molecule has 2 rings (SSSR count). The van der Waals surface area contributed by atoms with Crippen molar-refractivity contribution in [2.24, 2.45) is 0 Å². The third-order valence-electron chi connectivity index (χ3n) is 3.52. The number of rotatable bonds is 7. The number of ketones is 1. The molecule has 7 nitrogen and oxygen atoms in total. The van der Waals surface area contributed by atoms with Crippen molar-refractivity contribution in [3.05, 3.63) is 71.3 Å². The van der Waals surface area contributed by atoms with Crippen LogP contribution in [0, 0.1) is 0 Å². The van der Waals surface area contributed by atoms with Crippen LogP contribution in [0.15, 0.2) is 54.6 Å². The summed E-state index contributed by atoms with van der Waals surface area (Å²) < 4.78 is 4.19. The highest BCUT2D eigenvalue weighted by molar-refractivity contribution is 6.09. The van der Waals surface area contributed by atoms with Crippen LogP contribution in [0.25, 0.3) is 0 Å². The molecule has 0 radical (unpaired) electrons. The third-order valence-corrected chi connectivity index (χ3v) is 3.52. The lowest BCUT2D eigenvalue weighted by Crippen LogP contribution is -2.38. The van der Waals surface area contributed by atoms with E-state index in [1.807, 2.05) is 0 Å². The maximum absolute atomic E-state index is 12.5. The minimum absolute atomic E-state index is 0.109. The first-order valence-electron chi connectivity index (χ1n) is 7.56. The maximum Gasteiger partial charge on any atom is 0.455 e. The van der Waals surface area contributed by atoms with Gasteiger partial charge in [-0.2, -0.15) is 0 Å². The van der Waals surface area contributed by atoms with Crippen LogP contribution in [0.1, 0.15) is 27.4 Å². The highest BCUT2D eigenvalue weighted by Gasteiger charge is 2.31. The summed E-state index contributed by atoms with van der Waals surface area (Å²) in [6.07, 6.45) is -3.56. The molecule has 0 aromatic heterocycles. The highest BCUT2D eigenvalue weighted by Crippen LogP contribution is 2.21. The number of likely N-dealkylation sites (N-methyl/N-ethyl adjacent to an activating group) is 1. The summed E-state index contributed by atoms with van der Waals surface area (Å²) >= 11 is 0. The Morgan fingerprint density at radius 1 is 1.04 bits per heavy atom. The zero-order valence-electron chi connectivity index (χ0n) is 13.5. The number of aliphatic hydroxyl groups is 3. The molecule has 0 saturated carbocycles. The van der Waals surface area contributed by atoms with Gasteiger partial charge in [-0.05, 0) is 18.7 Å². The fourth-order valence-corrected chi connectivity index (χ4v) is 2.40. The van der Waals surface area contributed by atoms with Crippen molar-refractivity contribution < 1.29 is 29.6 Å². The van der Waals surface area contributed by atoms with E-state index in [9.17, 15) is 9.59 Å². The molecule has 0 aliphatic heterocycles. The van der Waals surface area contributed by atoms with E-state index >= 15 is 0 Å². The van der Waals surface area contributed by atoms with Gasteiger partial charge in [0, 0.05) is 17.7 Å². The molecule has 2 aromatic carbocycles.